The third-order valence-electron chi connectivity index (χ3n) is 4.63. The number of carboxylic acid groups (broad SMARTS) is 1. The van der Waals surface area contributed by atoms with Gasteiger partial charge in [0.2, 0.25) is 11.8 Å². The number of pyridine rings is 1. The summed E-state index contributed by atoms with van der Waals surface area (Å²) >= 11 is 0. The molecule has 31 heavy (non-hydrogen) atoms. The number of anilines is 3. The molecule has 156 valence electrons. The maximum atomic E-state index is 12.9. The number of ether oxygens (including phenoxy) is 1. The molecule has 1 aliphatic rings. The van der Waals surface area contributed by atoms with Crippen LogP contribution in [-0.2, 0) is 17.8 Å². The number of nitrogens with one attached hydrogen (secondary N) is 3. The number of amides is 2. The minimum absolute atomic E-state index is 0.0255. The SMILES string of the molecule is O=C1Cc2cc(NC(=O)c3ccccc3NCc3ccnc(OC(=O)O)c3)ccc2N1. The van der Waals surface area contributed by atoms with E-state index in [1.807, 2.05) is 0 Å². The first-order valence-corrected chi connectivity index (χ1v) is 9.40. The zero-order chi connectivity index (χ0) is 21.8. The summed E-state index contributed by atoms with van der Waals surface area (Å²) in [5.74, 6) is -0.395. The number of hydrogen-bond acceptors (Lipinski definition) is 6. The number of carbonyl (C=O) groups is 3. The van der Waals surface area contributed by atoms with Gasteiger partial charge in [-0.25, -0.2) is 9.78 Å². The molecule has 0 saturated carbocycles. The van der Waals surface area contributed by atoms with Crippen LogP contribution in [0.1, 0.15) is 21.5 Å². The molecule has 9 nitrogen and oxygen atoms in total. The van der Waals surface area contributed by atoms with Gasteiger partial charge >= 0.3 is 6.16 Å². The highest BCUT2D eigenvalue weighted by molar-refractivity contribution is 6.08. The lowest BCUT2D eigenvalue weighted by molar-refractivity contribution is -0.115. The van der Waals surface area contributed by atoms with Crippen molar-refractivity contribution in [3.8, 4) is 5.88 Å². The van der Waals surface area contributed by atoms with Crippen molar-refractivity contribution in [3.05, 3.63) is 77.5 Å². The van der Waals surface area contributed by atoms with E-state index in [-0.39, 0.29) is 24.1 Å². The van der Waals surface area contributed by atoms with E-state index in [4.69, 9.17) is 5.11 Å². The molecule has 4 rings (SSSR count). The molecule has 0 spiro atoms. The van der Waals surface area contributed by atoms with Gasteiger partial charge in [0.25, 0.3) is 5.91 Å². The lowest BCUT2D eigenvalue weighted by Gasteiger charge is -2.13. The Kier molecular flexibility index (Phi) is 5.48. The number of fused-ring (bicyclic) bond motifs is 1. The minimum Gasteiger partial charge on any atom is -0.449 e. The number of aromatic nitrogens is 1. The monoisotopic (exact) mass is 418 g/mol. The van der Waals surface area contributed by atoms with Gasteiger partial charge in [-0.15, -0.1) is 0 Å². The van der Waals surface area contributed by atoms with Gasteiger partial charge in [0.15, 0.2) is 0 Å². The van der Waals surface area contributed by atoms with Crippen LogP contribution in [0.5, 0.6) is 5.88 Å². The molecule has 2 heterocycles. The number of nitrogens with zero attached hydrogens (tertiary/aromatic N) is 1. The van der Waals surface area contributed by atoms with Crippen LogP contribution < -0.4 is 20.7 Å². The fourth-order valence-corrected chi connectivity index (χ4v) is 3.24. The quantitative estimate of drug-likeness (QED) is 0.451. The van der Waals surface area contributed by atoms with Gasteiger partial charge in [0.1, 0.15) is 0 Å². The summed E-state index contributed by atoms with van der Waals surface area (Å²) in [7, 11) is 0. The van der Waals surface area contributed by atoms with Crippen molar-refractivity contribution in [2.45, 2.75) is 13.0 Å². The second kappa shape index (κ2) is 8.54. The average Bonchev–Trinajstić information content (AvgIpc) is 3.11. The van der Waals surface area contributed by atoms with Crippen molar-refractivity contribution in [3.63, 3.8) is 0 Å². The Balaban J connectivity index is 1.46. The summed E-state index contributed by atoms with van der Waals surface area (Å²) in [5, 5.41) is 17.5. The molecule has 2 aromatic carbocycles. The molecule has 0 radical (unpaired) electrons. The molecule has 0 unspecified atom stereocenters. The lowest BCUT2D eigenvalue weighted by atomic mass is 10.1. The summed E-state index contributed by atoms with van der Waals surface area (Å²) in [6, 6.07) is 15.5. The molecule has 0 saturated heterocycles. The van der Waals surface area contributed by atoms with E-state index in [0.29, 0.717) is 23.5 Å². The highest BCUT2D eigenvalue weighted by Gasteiger charge is 2.18. The van der Waals surface area contributed by atoms with Gasteiger partial charge in [0, 0.05) is 35.9 Å². The second-order valence-corrected chi connectivity index (χ2v) is 6.82. The molecule has 0 bridgehead atoms. The van der Waals surface area contributed by atoms with Gasteiger partial charge in [-0.3, -0.25) is 9.59 Å². The van der Waals surface area contributed by atoms with Crippen molar-refractivity contribution in [1.29, 1.82) is 0 Å². The van der Waals surface area contributed by atoms with Crippen molar-refractivity contribution < 1.29 is 24.2 Å². The van der Waals surface area contributed by atoms with Gasteiger partial charge in [0.05, 0.1) is 12.0 Å². The maximum absolute atomic E-state index is 12.9. The van der Waals surface area contributed by atoms with Crippen LogP contribution in [0.25, 0.3) is 0 Å². The third-order valence-corrected chi connectivity index (χ3v) is 4.63. The van der Waals surface area contributed by atoms with Crippen LogP contribution in [0.3, 0.4) is 0 Å². The first-order valence-electron chi connectivity index (χ1n) is 9.40. The third kappa shape index (κ3) is 4.78. The van der Waals surface area contributed by atoms with Crippen LogP contribution >= 0.6 is 0 Å². The molecule has 0 fully saturated rings. The van der Waals surface area contributed by atoms with E-state index in [1.165, 1.54) is 12.3 Å². The average molecular weight is 418 g/mol. The highest BCUT2D eigenvalue weighted by atomic mass is 16.7. The second-order valence-electron chi connectivity index (χ2n) is 6.82. The van der Waals surface area contributed by atoms with Crippen LogP contribution in [0.2, 0.25) is 0 Å². The van der Waals surface area contributed by atoms with Crippen LogP contribution in [0, 0.1) is 0 Å². The minimum atomic E-state index is -1.44. The van der Waals surface area contributed by atoms with Gasteiger partial charge in [-0.05, 0) is 47.5 Å². The Bertz CT molecular complexity index is 1180. The first-order chi connectivity index (χ1) is 15.0. The number of hydrogen-bond donors (Lipinski definition) is 4. The van der Waals surface area contributed by atoms with Crippen molar-refractivity contribution in [1.82, 2.24) is 4.98 Å². The molecule has 0 atom stereocenters. The topological polar surface area (TPSA) is 130 Å². The summed E-state index contributed by atoms with van der Waals surface area (Å²) < 4.78 is 4.56. The lowest BCUT2D eigenvalue weighted by Crippen LogP contribution is -2.15. The van der Waals surface area contributed by atoms with Crippen LogP contribution in [0.15, 0.2) is 60.8 Å². The molecular weight excluding hydrogens is 400 g/mol. The van der Waals surface area contributed by atoms with E-state index in [2.05, 4.69) is 25.7 Å². The number of carbonyl (C=O) groups excluding carboxylic acids is 2. The van der Waals surface area contributed by atoms with Crippen LogP contribution in [0.4, 0.5) is 21.9 Å². The molecule has 1 aromatic heterocycles. The largest absolute Gasteiger partial charge is 0.512 e. The van der Waals surface area contributed by atoms with Crippen LogP contribution in [-0.4, -0.2) is 28.1 Å². The Hall–Kier alpha value is -4.40. The summed E-state index contributed by atoms with van der Waals surface area (Å²) in [5.41, 5.74) is 3.97. The fourth-order valence-electron chi connectivity index (χ4n) is 3.24. The highest BCUT2D eigenvalue weighted by Crippen LogP contribution is 2.27. The Morgan fingerprint density at radius 3 is 2.81 bits per heavy atom. The summed E-state index contributed by atoms with van der Waals surface area (Å²) in [4.78, 5) is 38.9. The normalized spacial score (nSPS) is 11.9. The van der Waals surface area contributed by atoms with Gasteiger partial charge in [-0.1, -0.05) is 12.1 Å². The molecular formula is C22H18N4O5. The summed E-state index contributed by atoms with van der Waals surface area (Å²) in [6.45, 7) is 0.329. The number of para-hydroxylation sites is 1. The van der Waals surface area contributed by atoms with Crippen molar-refractivity contribution in [2.75, 3.05) is 16.0 Å². The Labute approximate surface area is 177 Å². The van der Waals surface area contributed by atoms with Gasteiger partial charge in [-0.2, -0.15) is 0 Å². The number of rotatable bonds is 6. The van der Waals surface area contributed by atoms with E-state index < -0.39 is 6.16 Å². The molecule has 9 heteroatoms. The first kappa shape index (κ1) is 19.9. The standard InChI is InChI=1S/C22H18N4O5/c27-19-11-14-10-15(5-6-17(14)26-19)25-21(28)16-3-1-2-4-18(16)24-12-13-7-8-23-20(9-13)31-22(29)30/h1-10,24H,11-12H2,(H,25,28)(H,26,27)(H,29,30). The molecule has 0 aliphatic carbocycles. The maximum Gasteiger partial charge on any atom is 0.512 e. The van der Waals surface area contributed by atoms with E-state index in [0.717, 1.165) is 16.8 Å². The zero-order valence-corrected chi connectivity index (χ0v) is 16.2. The van der Waals surface area contributed by atoms with E-state index in [1.54, 1.807) is 48.5 Å². The molecule has 2 amide bonds. The van der Waals surface area contributed by atoms with Gasteiger partial charge < -0.3 is 25.8 Å². The fraction of sp³-hybridized carbons (Fsp3) is 0.0909. The molecule has 1 aliphatic heterocycles. The van der Waals surface area contributed by atoms with E-state index in [9.17, 15) is 14.4 Å². The molecule has 3 aromatic rings. The number of benzene rings is 2. The van der Waals surface area contributed by atoms with Crippen molar-refractivity contribution in [2.24, 2.45) is 0 Å². The van der Waals surface area contributed by atoms with Crippen molar-refractivity contribution >= 4 is 35.0 Å². The zero-order valence-electron chi connectivity index (χ0n) is 16.2. The Morgan fingerprint density at radius 1 is 1.13 bits per heavy atom. The summed E-state index contributed by atoms with van der Waals surface area (Å²) in [6.07, 6.45) is 0.296. The molecule has 4 N–H and O–H groups in total. The smallest absolute Gasteiger partial charge is 0.449 e. The predicted molar refractivity (Wildman–Crippen MR) is 113 cm³/mol. The Morgan fingerprint density at radius 2 is 1.97 bits per heavy atom. The van der Waals surface area contributed by atoms with E-state index >= 15 is 0 Å². The predicted octanol–water partition coefficient (Wildman–Crippen LogP) is 3.50.